The summed E-state index contributed by atoms with van der Waals surface area (Å²) in [7, 11) is 0. The van der Waals surface area contributed by atoms with Crippen molar-refractivity contribution in [1.29, 1.82) is 0 Å². The normalized spacial score (nSPS) is 15.1. The van der Waals surface area contributed by atoms with Crippen molar-refractivity contribution in [3.63, 3.8) is 0 Å². The van der Waals surface area contributed by atoms with Gasteiger partial charge in [-0.05, 0) is 24.3 Å². The van der Waals surface area contributed by atoms with Crippen LogP contribution >= 0.6 is 24.0 Å². The fourth-order valence-corrected chi connectivity index (χ4v) is 2.86. The molecule has 0 saturated carbocycles. The average molecular weight is 401 g/mol. The second-order valence-corrected chi connectivity index (χ2v) is 5.85. The first kappa shape index (κ1) is 19.8. The number of para-hydroxylation sites is 1. The van der Waals surface area contributed by atoms with Gasteiger partial charge in [-0.15, -0.1) is 12.4 Å². The van der Waals surface area contributed by atoms with Gasteiger partial charge in [0.2, 0.25) is 0 Å². The van der Waals surface area contributed by atoms with E-state index in [-0.39, 0.29) is 29.6 Å². The molecule has 2 aromatic rings. The van der Waals surface area contributed by atoms with Crippen LogP contribution in [0.2, 0.25) is 5.02 Å². The Hall–Kier alpha value is -2.51. The molecule has 0 fully saturated rings. The zero-order valence-electron chi connectivity index (χ0n) is 13.3. The van der Waals surface area contributed by atoms with Crippen LogP contribution in [0.4, 0.5) is 14.9 Å². The van der Waals surface area contributed by atoms with Crippen LogP contribution in [-0.2, 0) is 0 Å². The number of halogens is 3. The van der Waals surface area contributed by atoms with Crippen molar-refractivity contribution in [2.45, 2.75) is 12.5 Å². The van der Waals surface area contributed by atoms with Gasteiger partial charge in [-0.25, -0.2) is 9.18 Å². The first-order valence-electron chi connectivity index (χ1n) is 7.47. The molecule has 1 atom stereocenters. The van der Waals surface area contributed by atoms with Crippen LogP contribution in [-0.4, -0.2) is 23.7 Å². The van der Waals surface area contributed by atoms with Gasteiger partial charge >= 0.3 is 6.09 Å². The van der Waals surface area contributed by atoms with Crippen LogP contribution < -0.4 is 15.4 Å². The van der Waals surface area contributed by atoms with Crippen LogP contribution in [0.25, 0.3) is 0 Å². The molecular formula is C17H15Cl2FN2O4. The predicted octanol–water partition coefficient (Wildman–Crippen LogP) is 4.24. The van der Waals surface area contributed by atoms with Crippen LogP contribution in [0.3, 0.4) is 0 Å². The molecule has 2 amide bonds. The molecule has 9 heteroatoms. The van der Waals surface area contributed by atoms with E-state index < -0.39 is 23.9 Å². The zero-order valence-corrected chi connectivity index (χ0v) is 14.9. The van der Waals surface area contributed by atoms with Gasteiger partial charge in [0.05, 0.1) is 23.2 Å². The molecule has 1 heterocycles. The van der Waals surface area contributed by atoms with E-state index >= 15 is 0 Å². The number of ether oxygens (including phenoxy) is 1. The second-order valence-electron chi connectivity index (χ2n) is 5.45. The number of hydrogen-bond donors (Lipinski definition) is 3. The fraction of sp³-hybridized carbons (Fsp3) is 0.176. The van der Waals surface area contributed by atoms with Gasteiger partial charge in [-0.3, -0.25) is 4.79 Å². The lowest BCUT2D eigenvalue weighted by atomic mass is 9.97. The number of carboxylic acid groups (broad SMARTS) is 1. The smallest absolute Gasteiger partial charge is 0.405 e. The quantitative estimate of drug-likeness (QED) is 0.718. The Balaban J connectivity index is 0.00000243. The lowest BCUT2D eigenvalue weighted by Crippen LogP contribution is -2.31. The molecule has 2 aromatic carbocycles. The minimum absolute atomic E-state index is 0. The number of benzene rings is 2. The molecule has 1 aliphatic heterocycles. The van der Waals surface area contributed by atoms with Crippen molar-refractivity contribution in [2.75, 3.05) is 11.9 Å². The lowest BCUT2D eigenvalue weighted by Gasteiger charge is -2.27. The van der Waals surface area contributed by atoms with Crippen molar-refractivity contribution in [3.05, 3.63) is 58.4 Å². The Kier molecular flexibility index (Phi) is 6.28. The first-order valence-corrected chi connectivity index (χ1v) is 7.85. The summed E-state index contributed by atoms with van der Waals surface area (Å²) >= 11 is 5.71. The van der Waals surface area contributed by atoms with E-state index in [0.29, 0.717) is 23.4 Å². The van der Waals surface area contributed by atoms with Crippen LogP contribution in [0.5, 0.6) is 5.75 Å². The number of nitrogens with one attached hydrogen (secondary N) is 2. The SMILES string of the molecule is Cl.O=C(O)N[C@H]1CCOc2c(C(=O)Nc3ccc(F)c(Cl)c3)cccc21. The van der Waals surface area contributed by atoms with Gasteiger partial charge in [-0.1, -0.05) is 23.7 Å². The largest absolute Gasteiger partial charge is 0.492 e. The first-order chi connectivity index (χ1) is 12.0. The van der Waals surface area contributed by atoms with Gasteiger partial charge in [0.1, 0.15) is 11.6 Å². The summed E-state index contributed by atoms with van der Waals surface area (Å²) in [6.07, 6.45) is -0.675. The molecule has 0 spiro atoms. The Morgan fingerprint density at radius 2 is 2.04 bits per heavy atom. The van der Waals surface area contributed by atoms with E-state index in [1.807, 2.05) is 0 Å². The standard InChI is InChI=1S/C17H14ClFN2O4.ClH/c18-12-8-9(4-5-13(12)19)20-16(22)11-3-1-2-10-14(21-17(23)24)6-7-25-15(10)11;/h1-5,8,14,21H,6-7H2,(H,20,22)(H,23,24);1H/t14-;/m0./s1. The van der Waals surface area contributed by atoms with Crippen molar-refractivity contribution in [1.82, 2.24) is 5.32 Å². The van der Waals surface area contributed by atoms with Gasteiger partial charge in [0.25, 0.3) is 5.91 Å². The maximum absolute atomic E-state index is 13.2. The number of fused-ring (bicyclic) bond motifs is 1. The molecule has 0 unspecified atom stereocenters. The van der Waals surface area contributed by atoms with E-state index in [1.165, 1.54) is 12.1 Å². The third-order valence-electron chi connectivity index (χ3n) is 3.79. The highest BCUT2D eigenvalue weighted by molar-refractivity contribution is 6.31. The molecule has 0 bridgehead atoms. The van der Waals surface area contributed by atoms with Crippen molar-refractivity contribution in [3.8, 4) is 5.75 Å². The topological polar surface area (TPSA) is 87.7 Å². The van der Waals surface area contributed by atoms with Crippen molar-refractivity contribution >= 4 is 41.7 Å². The molecule has 0 aromatic heterocycles. The number of amides is 2. The molecule has 1 aliphatic rings. The number of rotatable bonds is 3. The summed E-state index contributed by atoms with van der Waals surface area (Å²) < 4.78 is 18.8. The summed E-state index contributed by atoms with van der Waals surface area (Å²) in [6.45, 7) is 0.282. The molecular weight excluding hydrogens is 386 g/mol. The summed E-state index contributed by atoms with van der Waals surface area (Å²) in [5, 5.41) is 13.9. The number of hydrogen-bond acceptors (Lipinski definition) is 3. The summed E-state index contributed by atoms with van der Waals surface area (Å²) in [6, 6.07) is 8.33. The third kappa shape index (κ3) is 4.17. The van der Waals surface area contributed by atoms with E-state index in [0.717, 1.165) is 6.07 Å². The average Bonchev–Trinajstić information content (AvgIpc) is 2.57. The molecule has 26 heavy (non-hydrogen) atoms. The Morgan fingerprint density at radius 1 is 1.27 bits per heavy atom. The highest BCUT2D eigenvalue weighted by atomic mass is 35.5. The molecule has 0 radical (unpaired) electrons. The number of anilines is 1. The molecule has 0 saturated heterocycles. The van der Waals surface area contributed by atoms with Crippen LogP contribution in [0, 0.1) is 5.82 Å². The summed E-state index contributed by atoms with van der Waals surface area (Å²) in [5.74, 6) is -0.712. The lowest BCUT2D eigenvalue weighted by molar-refractivity contribution is 0.102. The maximum Gasteiger partial charge on any atom is 0.405 e. The Morgan fingerprint density at radius 3 is 2.73 bits per heavy atom. The maximum atomic E-state index is 13.2. The molecule has 3 N–H and O–H groups in total. The molecule has 6 nitrogen and oxygen atoms in total. The second kappa shape index (κ2) is 8.25. The zero-order chi connectivity index (χ0) is 18.0. The highest BCUT2D eigenvalue weighted by Crippen LogP contribution is 2.35. The number of carbonyl (C=O) groups excluding carboxylic acids is 1. The molecule has 0 aliphatic carbocycles. The van der Waals surface area contributed by atoms with E-state index in [2.05, 4.69) is 10.6 Å². The van der Waals surface area contributed by atoms with Crippen molar-refractivity contribution < 1.29 is 23.8 Å². The van der Waals surface area contributed by atoms with Crippen molar-refractivity contribution in [2.24, 2.45) is 0 Å². The monoisotopic (exact) mass is 400 g/mol. The van der Waals surface area contributed by atoms with E-state index in [1.54, 1.807) is 18.2 Å². The van der Waals surface area contributed by atoms with Gasteiger partial charge in [0.15, 0.2) is 0 Å². The van der Waals surface area contributed by atoms with Gasteiger partial charge < -0.3 is 20.5 Å². The van der Waals surface area contributed by atoms with Crippen LogP contribution in [0.1, 0.15) is 28.4 Å². The molecule has 3 rings (SSSR count). The predicted molar refractivity (Wildman–Crippen MR) is 97.1 cm³/mol. The summed E-state index contributed by atoms with van der Waals surface area (Å²) in [5.41, 5.74) is 1.19. The minimum Gasteiger partial charge on any atom is -0.492 e. The third-order valence-corrected chi connectivity index (χ3v) is 4.08. The molecule has 138 valence electrons. The fourth-order valence-electron chi connectivity index (χ4n) is 2.67. The summed E-state index contributed by atoms with van der Waals surface area (Å²) in [4.78, 5) is 23.5. The van der Waals surface area contributed by atoms with Gasteiger partial charge in [-0.2, -0.15) is 0 Å². The van der Waals surface area contributed by atoms with E-state index in [4.69, 9.17) is 21.4 Å². The Labute approximate surface area is 159 Å². The van der Waals surface area contributed by atoms with E-state index in [9.17, 15) is 14.0 Å². The Bertz CT molecular complexity index is 848. The minimum atomic E-state index is -1.14. The highest BCUT2D eigenvalue weighted by Gasteiger charge is 2.27. The van der Waals surface area contributed by atoms with Gasteiger partial charge in [0, 0.05) is 17.7 Å². The van der Waals surface area contributed by atoms with Crippen LogP contribution in [0.15, 0.2) is 36.4 Å². The number of carbonyl (C=O) groups is 2.